The van der Waals surface area contributed by atoms with Crippen LogP contribution in [0.25, 0.3) is 22.0 Å². The molecular weight excluding hydrogens is 374 g/mol. The van der Waals surface area contributed by atoms with E-state index in [0.717, 1.165) is 23.7 Å². The highest BCUT2D eigenvalue weighted by Crippen LogP contribution is 2.35. The summed E-state index contributed by atoms with van der Waals surface area (Å²) >= 11 is 6.42. The van der Waals surface area contributed by atoms with Crippen LogP contribution in [0.5, 0.6) is 0 Å². The third-order valence-corrected chi connectivity index (χ3v) is 5.00. The van der Waals surface area contributed by atoms with E-state index < -0.39 is 11.6 Å². The van der Waals surface area contributed by atoms with Gasteiger partial charge in [-0.25, -0.2) is 18.7 Å². The summed E-state index contributed by atoms with van der Waals surface area (Å²) < 4.78 is 27.4. The van der Waals surface area contributed by atoms with Crippen LogP contribution in [0, 0.1) is 11.6 Å². The van der Waals surface area contributed by atoms with Gasteiger partial charge in [-0.1, -0.05) is 11.6 Å². The van der Waals surface area contributed by atoms with E-state index in [1.54, 1.807) is 17.0 Å². The van der Waals surface area contributed by atoms with Gasteiger partial charge in [0.25, 0.3) is 0 Å². The largest absolute Gasteiger partial charge is 0.352 e. The molecule has 4 rings (SSSR count). The first-order chi connectivity index (χ1) is 13.1. The zero-order valence-corrected chi connectivity index (χ0v) is 15.0. The topological polar surface area (TPSA) is 49.3 Å². The third-order valence-electron chi connectivity index (χ3n) is 4.69. The fourth-order valence-electron chi connectivity index (χ4n) is 3.27. The summed E-state index contributed by atoms with van der Waals surface area (Å²) in [6.07, 6.45) is 2.29. The molecular formula is C19H15ClF2N4O. The molecule has 0 bridgehead atoms. The van der Waals surface area contributed by atoms with E-state index in [9.17, 15) is 13.6 Å². The van der Waals surface area contributed by atoms with Crippen molar-refractivity contribution in [3.05, 3.63) is 53.3 Å². The molecule has 1 aliphatic rings. The lowest BCUT2D eigenvalue weighted by Gasteiger charge is -2.33. The molecule has 2 heterocycles. The van der Waals surface area contributed by atoms with E-state index in [2.05, 4.69) is 14.9 Å². The molecule has 8 heteroatoms. The number of hydrogen-bond donors (Lipinski definition) is 0. The zero-order chi connectivity index (χ0) is 19.0. The van der Waals surface area contributed by atoms with Crippen LogP contribution in [0.4, 0.5) is 14.6 Å². The Labute approximate surface area is 159 Å². The van der Waals surface area contributed by atoms with Crippen molar-refractivity contribution in [1.29, 1.82) is 0 Å². The molecule has 0 radical (unpaired) electrons. The number of rotatable bonds is 3. The fourth-order valence-corrected chi connectivity index (χ4v) is 3.53. The van der Waals surface area contributed by atoms with E-state index in [-0.39, 0.29) is 5.56 Å². The van der Waals surface area contributed by atoms with E-state index >= 15 is 0 Å². The maximum absolute atomic E-state index is 14.2. The van der Waals surface area contributed by atoms with Crippen molar-refractivity contribution in [3.63, 3.8) is 0 Å². The van der Waals surface area contributed by atoms with Gasteiger partial charge in [-0.3, -0.25) is 4.79 Å². The van der Waals surface area contributed by atoms with Crippen molar-refractivity contribution >= 4 is 34.7 Å². The van der Waals surface area contributed by atoms with Crippen molar-refractivity contribution in [2.24, 2.45) is 0 Å². The second-order valence-corrected chi connectivity index (χ2v) is 6.71. The van der Waals surface area contributed by atoms with Gasteiger partial charge in [-0.05, 0) is 24.3 Å². The van der Waals surface area contributed by atoms with Crippen LogP contribution in [-0.4, -0.2) is 47.5 Å². The summed E-state index contributed by atoms with van der Waals surface area (Å²) in [6.45, 7) is 2.52. The number of fused-ring (bicyclic) bond motifs is 1. The first-order valence-corrected chi connectivity index (χ1v) is 8.78. The van der Waals surface area contributed by atoms with Crippen molar-refractivity contribution in [1.82, 2.24) is 14.9 Å². The van der Waals surface area contributed by atoms with E-state index in [4.69, 9.17) is 11.6 Å². The first kappa shape index (κ1) is 17.6. The van der Waals surface area contributed by atoms with Crippen molar-refractivity contribution in [3.8, 4) is 11.1 Å². The molecule has 1 amide bonds. The van der Waals surface area contributed by atoms with Crippen LogP contribution in [-0.2, 0) is 4.79 Å². The maximum Gasteiger partial charge on any atom is 0.209 e. The Morgan fingerprint density at radius 1 is 1.00 bits per heavy atom. The maximum atomic E-state index is 14.2. The number of halogens is 3. The van der Waals surface area contributed by atoms with Crippen LogP contribution in [0.3, 0.4) is 0 Å². The molecule has 2 aromatic carbocycles. The monoisotopic (exact) mass is 388 g/mol. The van der Waals surface area contributed by atoms with Crippen molar-refractivity contribution in [2.45, 2.75) is 0 Å². The van der Waals surface area contributed by atoms with Crippen molar-refractivity contribution < 1.29 is 13.6 Å². The Kier molecular flexibility index (Phi) is 4.61. The number of aromatic nitrogens is 2. The minimum Gasteiger partial charge on any atom is -0.352 e. The number of carbonyl (C=O) groups excluding carboxylic acids is 1. The van der Waals surface area contributed by atoms with Gasteiger partial charge in [0.1, 0.15) is 23.8 Å². The minimum absolute atomic E-state index is 0.211. The number of hydrogen-bond acceptors (Lipinski definition) is 4. The van der Waals surface area contributed by atoms with E-state index in [1.807, 2.05) is 0 Å². The Morgan fingerprint density at radius 2 is 1.78 bits per heavy atom. The molecule has 1 saturated heterocycles. The highest BCUT2D eigenvalue weighted by molar-refractivity contribution is 6.34. The predicted octanol–water partition coefficient (Wildman–Crippen LogP) is 3.51. The number of nitrogens with zero attached hydrogens (tertiary/aromatic N) is 4. The summed E-state index contributed by atoms with van der Waals surface area (Å²) in [6, 6.07) is 6.76. The number of piperazine rings is 1. The van der Waals surface area contributed by atoms with Gasteiger partial charge in [0.2, 0.25) is 6.41 Å². The van der Waals surface area contributed by atoms with Crippen LogP contribution < -0.4 is 4.90 Å². The van der Waals surface area contributed by atoms with Gasteiger partial charge in [-0.2, -0.15) is 0 Å². The molecule has 0 N–H and O–H groups in total. The molecule has 27 heavy (non-hydrogen) atoms. The van der Waals surface area contributed by atoms with E-state index in [0.29, 0.717) is 42.3 Å². The summed E-state index contributed by atoms with van der Waals surface area (Å²) in [5.74, 6) is -0.610. The number of amides is 1. The van der Waals surface area contributed by atoms with Gasteiger partial charge in [-0.15, -0.1) is 0 Å². The molecule has 0 unspecified atom stereocenters. The van der Waals surface area contributed by atoms with Gasteiger partial charge < -0.3 is 9.80 Å². The van der Waals surface area contributed by atoms with Gasteiger partial charge in [0.15, 0.2) is 0 Å². The predicted molar refractivity (Wildman–Crippen MR) is 99.8 cm³/mol. The zero-order valence-electron chi connectivity index (χ0n) is 14.2. The van der Waals surface area contributed by atoms with Crippen LogP contribution in [0.2, 0.25) is 5.02 Å². The average molecular weight is 389 g/mol. The molecule has 0 spiro atoms. The average Bonchev–Trinajstić information content (AvgIpc) is 2.67. The first-order valence-electron chi connectivity index (χ1n) is 8.41. The molecule has 3 aromatic rings. The molecule has 0 atom stereocenters. The summed E-state index contributed by atoms with van der Waals surface area (Å²) in [5.41, 5.74) is 1.26. The normalized spacial score (nSPS) is 14.6. The number of benzene rings is 2. The smallest absolute Gasteiger partial charge is 0.209 e. The van der Waals surface area contributed by atoms with Gasteiger partial charge >= 0.3 is 0 Å². The van der Waals surface area contributed by atoms with Crippen LogP contribution in [0.1, 0.15) is 0 Å². The number of anilines is 1. The SMILES string of the molecule is O=CN1CCN(c2ncnc3cc(-c4ccc(F)cc4F)c(Cl)cc23)CC1. The lowest BCUT2D eigenvalue weighted by molar-refractivity contribution is -0.118. The molecule has 0 saturated carbocycles. The van der Waals surface area contributed by atoms with Crippen LogP contribution in [0.15, 0.2) is 36.7 Å². The number of carbonyl (C=O) groups is 1. The molecule has 0 aliphatic carbocycles. The second-order valence-electron chi connectivity index (χ2n) is 6.30. The van der Waals surface area contributed by atoms with E-state index in [1.165, 1.54) is 18.5 Å². The Bertz CT molecular complexity index is 1020. The quantitative estimate of drug-likeness (QED) is 0.644. The third kappa shape index (κ3) is 3.30. The lowest BCUT2D eigenvalue weighted by atomic mass is 10.0. The Morgan fingerprint density at radius 3 is 2.48 bits per heavy atom. The highest BCUT2D eigenvalue weighted by atomic mass is 35.5. The Balaban J connectivity index is 1.77. The minimum atomic E-state index is -0.685. The molecule has 138 valence electrons. The fraction of sp³-hybridized carbons (Fsp3) is 0.211. The summed E-state index contributed by atoms with van der Waals surface area (Å²) in [4.78, 5) is 23.3. The lowest BCUT2D eigenvalue weighted by Crippen LogP contribution is -2.46. The Hall–Kier alpha value is -2.80. The molecule has 1 aromatic heterocycles. The summed E-state index contributed by atoms with van der Waals surface area (Å²) in [5, 5.41) is 1.07. The summed E-state index contributed by atoms with van der Waals surface area (Å²) in [7, 11) is 0. The van der Waals surface area contributed by atoms with Crippen molar-refractivity contribution in [2.75, 3.05) is 31.1 Å². The molecule has 1 aliphatic heterocycles. The second kappa shape index (κ2) is 7.08. The van der Waals surface area contributed by atoms with Gasteiger partial charge in [0, 0.05) is 53.8 Å². The molecule has 1 fully saturated rings. The molecule has 5 nitrogen and oxygen atoms in total. The standard InChI is InChI=1S/C19H15ClF2N4O/c20-16-8-15-18(9-14(16)13-2-1-12(21)7-17(13)22)23-10-24-19(15)26-5-3-25(11-27)4-6-26/h1-2,7-11H,3-6H2. The highest BCUT2D eigenvalue weighted by Gasteiger charge is 2.20. The van der Waals surface area contributed by atoms with Crippen LogP contribution >= 0.6 is 11.6 Å². The van der Waals surface area contributed by atoms with Gasteiger partial charge in [0.05, 0.1) is 5.52 Å².